The highest BCUT2D eigenvalue weighted by atomic mass is 32.2. The molecule has 0 saturated carbocycles. The summed E-state index contributed by atoms with van der Waals surface area (Å²) in [6.45, 7) is 8.48. The largest absolute Gasteiger partial charge is 0.343 e. The lowest BCUT2D eigenvalue weighted by molar-refractivity contribution is 0.660. The van der Waals surface area contributed by atoms with Crippen LogP contribution in [0.4, 0.5) is 0 Å². The minimum atomic E-state index is -0.157. The van der Waals surface area contributed by atoms with E-state index in [0.29, 0.717) is 11.7 Å². The summed E-state index contributed by atoms with van der Waals surface area (Å²) in [5, 5.41) is 10.6. The van der Waals surface area contributed by atoms with Crippen molar-refractivity contribution in [2.45, 2.75) is 43.9 Å². The van der Waals surface area contributed by atoms with Crippen LogP contribution in [0.3, 0.4) is 0 Å². The monoisotopic (exact) mass is 292 g/mol. The third kappa shape index (κ3) is 3.32. The number of nitrogens with zero attached hydrogens (tertiary/aromatic N) is 2. The molecule has 0 aliphatic carbocycles. The first-order valence-electron chi connectivity index (χ1n) is 6.79. The molecule has 2 rings (SSSR count). The maximum atomic E-state index is 11.6. The second kappa shape index (κ2) is 6.76. The number of aryl methyl sites for hydroxylation is 1. The Labute approximate surface area is 122 Å². The van der Waals surface area contributed by atoms with Crippen LogP contribution >= 0.6 is 11.8 Å². The molecular weight excluding hydrogens is 272 g/mol. The number of rotatable bonds is 6. The molecule has 1 aromatic heterocycles. The Hall–Kier alpha value is -1.53. The number of nitrogens with one attached hydrogen (secondary N) is 2. The van der Waals surface area contributed by atoms with E-state index in [2.05, 4.69) is 47.6 Å². The van der Waals surface area contributed by atoms with Crippen LogP contribution in [0.5, 0.6) is 0 Å². The molecule has 2 N–H and O–H groups in total. The summed E-state index contributed by atoms with van der Waals surface area (Å²) in [5.74, 6) is 0. The minimum absolute atomic E-state index is 0.157. The molecule has 6 heteroatoms. The van der Waals surface area contributed by atoms with Crippen LogP contribution in [-0.4, -0.2) is 21.3 Å². The Balaban J connectivity index is 2.30. The first-order chi connectivity index (χ1) is 9.65. The molecule has 0 radical (unpaired) electrons. The fourth-order valence-electron chi connectivity index (χ4n) is 1.96. The maximum absolute atomic E-state index is 11.6. The van der Waals surface area contributed by atoms with Gasteiger partial charge in [-0.15, -0.1) is 5.10 Å². The van der Waals surface area contributed by atoms with Gasteiger partial charge in [0.15, 0.2) is 5.16 Å². The number of hydrogen-bond acceptors (Lipinski definition) is 4. The molecule has 1 heterocycles. The zero-order valence-corrected chi connectivity index (χ0v) is 12.9. The van der Waals surface area contributed by atoms with Gasteiger partial charge in [0, 0.05) is 18.0 Å². The van der Waals surface area contributed by atoms with Gasteiger partial charge in [-0.1, -0.05) is 24.6 Å². The normalized spacial score (nSPS) is 10.9. The van der Waals surface area contributed by atoms with Gasteiger partial charge >= 0.3 is 5.69 Å². The second-order valence-corrected chi connectivity index (χ2v) is 5.56. The lowest BCUT2D eigenvalue weighted by Gasteiger charge is -2.10. The van der Waals surface area contributed by atoms with Crippen LogP contribution < -0.4 is 11.0 Å². The van der Waals surface area contributed by atoms with Crippen molar-refractivity contribution >= 4 is 11.8 Å². The van der Waals surface area contributed by atoms with E-state index >= 15 is 0 Å². The second-order valence-electron chi connectivity index (χ2n) is 4.55. The molecule has 0 amide bonds. The van der Waals surface area contributed by atoms with Gasteiger partial charge < -0.3 is 5.32 Å². The van der Waals surface area contributed by atoms with E-state index in [1.807, 2.05) is 6.92 Å². The van der Waals surface area contributed by atoms with Crippen molar-refractivity contribution in [2.75, 3.05) is 6.54 Å². The standard InChI is InChI=1S/C14H20N4OS/c1-4-15-9-11-8-10(3)6-7-12(11)20-14-17-16-13(19)18(14)5-2/h6-8,15H,4-5,9H2,1-3H3,(H,16,19). The Morgan fingerprint density at radius 1 is 1.40 bits per heavy atom. The van der Waals surface area contributed by atoms with Crippen molar-refractivity contribution < 1.29 is 0 Å². The van der Waals surface area contributed by atoms with E-state index < -0.39 is 0 Å². The van der Waals surface area contributed by atoms with Crippen molar-refractivity contribution in [1.29, 1.82) is 0 Å². The average molecular weight is 292 g/mol. The Morgan fingerprint density at radius 2 is 2.20 bits per heavy atom. The molecule has 0 aliphatic rings. The first kappa shape index (κ1) is 14.9. The van der Waals surface area contributed by atoms with Crippen LogP contribution in [0.15, 0.2) is 33.0 Å². The molecule has 0 atom stereocenters. The van der Waals surface area contributed by atoms with E-state index in [0.717, 1.165) is 18.0 Å². The molecule has 0 unspecified atom stereocenters. The Bertz CT molecular complexity index is 632. The summed E-state index contributed by atoms with van der Waals surface area (Å²) in [5.41, 5.74) is 2.31. The molecule has 0 bridgehead atoms. The third-order valence-corrected chi connectivity index (χ3v) is 4.13. The molecule has 0 saturated heterocycles. The van der Waals surface area contributed by atoms with Crippen LogP contribution in [0.25, 0.3) is 0 Å². The number of benzene rings is 1. The predicted molar refractivity (Wildman–Crippen MR) is 81.2 cm³/mol. The molecule has 0 spiro atoms. The van der Waals surface area contributed by atoms with E-state index in [9.17, 15) is 4.79 Å². The Morgan fingerprint density at radius 3 is 2.90 bits per heavy atom. The topological polar surface area (TPSA) is 62.7 Å². The molecule has 5 nitrogen and oxygen atoms in total. The molecule has 0 aliphatic heterocycles. The van der Waals surface area contributed by atoms with Gasteiger partial charge in [-0.3, -0.25) is 4.57 Å². The molecule has 0 fully saturated rings. The van der Waals surface area contributed by atoms with Gasteiger partial charge in [0.1, 0.15) is 0 Å². The summed E-state index contributed by atoms with van der Waals surface area (Å²) in [7, 11) is 0. The van der Waals surface area contributed by atoms with Crippen molar-refractivity contribution in [3.05, 3.63) is 39.8 Å². The van der Waals surface area contributed by atoms with Gasteiger partial charge in [0.05, 0.1) is 0 Å². The van der Waals surface area contributed by atoms with Crippen molar-refractivity contribution in [2.24, 2.45) is 0 Å². The van der Waals surface area contributed by atoms with Gasteiger partial charge in [0.2, 0.25) is 0 Å². The smallest absolute Gasteiger partial charge is 0.313 e. The molecule has 108 valence electrons. The molecule has 1 aromatic carbocycles. The van der Waals surface area contributed by atoms with Crippen LogP contribution in [0.1, 0.15) is 25.0 Å². The Kier molecular flexibility index (Phi) is 5.03. The zero-order valence-electron chi connectivity index (χ0n) is 12.1. The summed E-state index contributed by atoms with van der Waals surface area (Å²) in [4.78, 5) is 12.7. The average Bonchev–Trinajstić information content (AvgIpc) is 2.79. The van der Waals surface area contributed by atoms with Crippen LogP contribution in [-0.2, 0) is 13.1 Å². The lowest BCUT2D eigenvalue weighted by atomic mass is 10.1. The van der Waals surface area contributed by atoms with Gasteiger partial charge in [-0.2, -0.15) is 0 Å². The number of H-pyrrole nitrogens is 1. The number of aromatic amines is 1. The van der Waals surface area contributed by atoms with E-state index in [4.69, 9.17) is 0 Å². The minimum Gasteiger partial charge on any atom is -0.313 e. The molecule has 2 aromatic rings. The third-order valence-electron chi connectivity index (χ3n) is 3.02. The first-order valence-corrected chi connectivity index (χ1v) is 7.60. The maximum Gasteiger partial charge on any atom is 0.343 e. The summed E-state index contributed by atoms with van der Waals surface area (Å²) in [6.07, 6.45) is 0. The zero-order chi connectivity index (χ0) is 14.5. The number of hydrogen-bond donors (Lipinski definition) is 2. The van der Waals surface area contributed by atoms with Gasteiger partial charge in [-0.25, -0.2) is 9.89 Å². The summed E-state index contributed by atoms with van der Waals surface area (Å²) >= 11 is 1.53. The summed E-state index contributed by atoms with van der Waals surface area (Å²) < 4.78 is 1.64. The lowest BCUT2D eigenvalue weighted by Crippen LogP contribution is -2.16. The van der Waals surface area contributed by atoms with Crippen molar-refractivity contribution in [1.82, 2.24) is 20.1 Å². The predicted octanol–water partition coefficient (Wildman–Crippen LogP) is 2.16. The molecule has 20 heavy (non-hydrogen) atoms. The van der Waals surface area contributed by atoms with E-state index in [-0.39, 0.29) is 5.69 Å². The SMILES string of the molecule is CCNCc1cc(C)ccc1Sc1n[nH]c(=O)n1CC. The fraction of sp³-hybridized carbons (Fsp3) is 0.429. The highest BCUT2D eigenvalue weighted by molar-refractivity contribution is 7.99. The van der Waals surface area contributed by atoms with E-state index in [1.54, 1.807) is 4.57 Å². The van der Waals surface area contributed by atoms with Crippen LogP contribution in [0, 0.1) is 6.92 Å². The van der Waals surface area contributed by atoms with Gasteiger partial charge in [-0.05, 0) is 43.8 Å². The molecular formula is C14H20N4OS. The van der Waals surface area contributed by atoms with Crippen molar-refractivity contribution in [3.8, 4) is 0 Å². The highest BCUT2D eigenvalue weighted by Gasteiger charge is 2.11. The van der Waals surface area contributed by atoms with Crippen LogP contribution in [0.2, 0.25) is 0 Å². The van der Waals surface area contributed by atoms with E-state index in [1.165, 1.54) is 22.9 Å². The van der Waals surface area contributed by atoms with Crippen molar-refractivity contribution in [3.63, 3.8) is 0 Å². The fourth-order valence-corrected chi connectivity index (χ4v) is 2.97. The quantitative estimate of drug-likeness (QED) is 0.856. The number of aromatic nitrogens is 3. The van der Waals surface area contributed by atoms with Gasteiger partial charge in [0.25, 0.3) is 0 Å². The summed E-state index contributed by atoms with van der Waals surface area (Å²) in [6, 6.07) is 6.34. The highest BCUT2D eigenvalue weighted by Crippen LogP contribution is 2.29.